The Hall–Kier alpha value is -0.390. The summed E-state index contributed by atoms with van der Waals surface area (Å²) in [7, 11) is 4.25. The van der Waals surface area contributed by atoms with E-state index < -0.39 is 0 Å². The summed E-state index contributed by atoms with van der Waals surface area (Å²) < 4.78 is 0. The summed E-state index contributed by atoms with van der Waals surface area (Å²) in [4.78, 5) is 7.05. The first-order valence-corrected chi connectivity index (χ1v) is 7.29. The van der Waals surface area contributed by atoms with Crippen LogP contribution in [-0.4, -0.2) is 79.7 Å². The van der Waals surface area contributed by atoms with Gasteiger partial charge in [-0.05, 0) is 32.2 Å². The van der Waals surface area contributed by atoms with Crippen LogP contribution in [0.2, 0.25) is 0 Å². The van der Waals surface area contributed by atoms with E-state index in [4.69, 9.17) is 12.2 Å². The lowest BCUT2D eigenvalue weighted by Crippen LogP contribution is -2.52. The summed E-state index contributed by atoms with van der Waals surface area (Å²) in [6, 6.07) is 0. The van der Waals surface area contributed by atoms with Gasteiger partial charge in [-0.3, -0.25) is 4.90 Å². The first-order valence-electron chi connectivity index (χ1n) is 6.89. The van der Waals surface area contributed by atoms with Crippen molar-refractivity contribution >= 4 is 17.3 Å². The number of rotatable bonds is 5. The first-order chi connectivity index (χ1) is 8.49. The fraction of sp³-hybridized carbons (Fsp3) is 0.923. The van der Waals surface area contributed by atoms with Crippen LogP contribution >= 0.6 is 12.2 Å². The summed E-state index contributed by atoms with van der Waals surface area (Å²) in [5.74, 6) is 0.643. The van der Waals surface area contributed by atoms with Crippen molar-refractivity contribution in [3.63, 3.8) is 0 Å². The second kappa shape index (κ2) is 7.92. The average molecular weight is 272 g/mol. The van der Waals surface area contributed by atoms with Crippen molar-refractivity contribution in [3.05, 3.63) is 0 Å². The molecule has 1 fully saturated rings. The van der Waals surface area contributed by atoms with E-state index in [1.807, 2.05) is 0 Å². The highest BCUT2D eigenvalue weighted by Gasteiger charge is 2.18. The molecule has 18 heavy (non-hydrogen) atoms. The second-order valence-corrected chi connectivity index (χ2v) is 6.10. The van der Waals surface area contributed by atoms with Crippen LogP contribution < -0.4 is 5.32 Å². The number of hydrogen-bond donors (Lipinski definition) is 1. The Bertz CT molecular complexity index is 247. The van der Waals surface area contributed by atoms with Crippen LogP contribution in [-0.2, 0) is 0 Å². The van der Waals surface area contributed by atoms with E-state index in [0.29, 0.717) is 5.92 Å². The molecule has 1 N–H and O–H groups in total. The van der Waals surface area contributed by atoms with E-state index in [-0.39, 0.29) is 0 Å². The van der Waals surface area contributed by atoms with E-state index in [9.17, 15) is 0 Å². The van der Waals surface area contributed by atoms with Crippen molar-refractivity contribution in [2.24, 2.45) is 5.92 Å². The number of thiocarbonyl (C=S) groups is 1. The maximum atomic E-state index is 5.43. The SMILES string of the molecule is CC(C)CNC(=S)N1CCN(CCN(C)C)CC1. The molecule has 1 saturated heterocycles. The summed E-state index contributed by atoms with van der Waals surface area (Å²) in [5.41, 5.74) is 0. The van der Waals surface area contributed by atoms with Gasteiger partial charge in [-0.25, -0.2) is 0 Å². The quantitative estimate of drug-likeness (QED) is 0.742. The average Bonchev–Trinajstić information content (AvgIpc) is 2.34. The molecule has 0 amide bonds. The van der Waals surface area contributed by atoms with Gasteiger partial charge in [0, 0.05) is 45.8 Å². The molecule has 0 radical (unpaired) electrons. The Morgan fingerprint density at radius 1 is 1.22 bits per heavy atom. The van der Waals surface area contributed by atoms with Crippen molar-refractivity contribution in [1.29, 1.82) is 0 Å². The predicted octanol–water partition coefficient (Wildman–Crippen LogP) is 0.696. The van der Waals surface area contributed by atoms with Crippen LogP contribution in [0.25, 0.3) is 0 Å². The molecule has 0 aromatic carbocycles. The van der Waals surface area contributed by atoms with Crippen LogP contribution in [0.15, 0.2) is 0 Å². The first kappa shape index (κ1) is 15.7. The fourth-order valence-corrected chi connectivity index (χ4v) is 2.19. The van der Waals surface area contributed by atoms with Crippen LogP contribution in [0.5, 0.6) is 0 Å². The van der Waals surface area contributed by atoms with E-state index in [1.165, 1.54) is 0 Å². The fourth-order valence-electron chi connectivity index (χ4n) is 1.92. The molecule has 0 aromatic heterocycles. The largest absolute Gasteiger partial charge is 0.362 e. The molecule has 4 nitrogen and oxygen atoms in total. The van der Waals surface area contributed by atoms with Crippen LogP contribution in [0.1, 0.15) is 13.8 Å². The molecule has 106 valence electrons. The minimum absolute atomic E-state index is 0.643. The maximum Gasteiger partial charge on any atom is 0.169 e. The van der Waals surface area contributed by atoms with Gasteiger partial charge in [0.15, 0.2) is 5.11 Å². The molecule has 0 unspecified atom stereocenters. The van der Waals surface area contributed by atoms with Gasteiger partial charge in [0.1, 0.15) is 0 Å². The summed E-state index contributed by atoms with van der Waals surface area (Å²) in [5, 5.41) is 4.27. The third kappa shape index (κ3) is 5.98. The lowest BCUT2D eigenvalue weighted by molar-refractivity contribution is 0.168. The van der Waals surface area contributed by atoms with Crippen molar-refractivity contribution in [2.75, 3.05) is 59.9 Å². The second-order valence-electron chi connectivity index (χ2n) is 5.71. The van der Waals surface area contributed by atoms with Gasteiger partial charge in [-0.15, -0.1) is 0 Å². The van der Waals surface area contributed by atoms with Gasteiger partial charge in [0.25, 0.3) is 0 Å². The van der Waals surface area contributed by atoms with Crippen LogP contribution in [0.3, 0.4) is 0 Å². The van der Waals surface area contributed by atoms with E-state index in [2.05, 4.69) is 48.0 Å². The Morgan fingerprint density at radius 3 is 2.33 bits per heavy atom. The molecule has 1 aliphatic heterocycles. The van der Waals surface area contributed by atoms with Crippen molar-refractivity contribution < 1.29 is 0 Å². The summed E-state index contributed by atoms with van der Waals surface area (Å²) in [6.45, 7) is 12.0. The van der Waals surface area contributed by atoms with E-state index in [0.717, 1.165) is 50.9 Å². The molecule has 0 aliphatic carbocycles. The molecular formula is C13H28N4S. The third-order valence-electron chi connectivity index (χ3n) is 3.18. The molecule has 0 spiro atoms. The molecule has 0 bridgehead atoms. The summed E-state index contributed by atoms with van der Waals surface area (Å²) in [6.07, 6.45) is 0. The number of nitrogens with one attached hydrogen (secondary N) is 1. The molecule has 0 saturated carbocycles. The number of nitrogens with zero attached hydrogens (tertiary/aromatic N) is 3. The van der Waals surface area contributed by atoms with Crippen molar-refractivity contribution in [2.45, 2.75) is 13.8 Å². The molecule has 1 aliphatic rings. The third-order valence-corrected chi connectivity index (χ3v) is 3.59. The smallest absolute Gasteiger partial charge is 0.169 e. The van der Waals surface area contributed by atoms with E-state index in [1.54, 1.807) is 0 Å². The van der Waals surface area contributed by atoms with Gasteiger partial charge in [0.2, 0.25) is 0 Å². The van der Waals surface area contributed by atoms with E-state index >= 15 is 0 Å². The van der Waals surface area contributed by atoms with Gasteiger partial charge in [0.05, 0.1) is 0 Å². The minimum Gasteiger partial charge on any atom is -0.362 e. The molecule has 5 heteroatoms. The predicted molar refractivity (Wildman–Crippen MR) is 82.0 cm³/mol. The van der Waals surface area contributed by atoms with Gasteiger partial charge < -0.3 is 15.1 Å². The normalized spacial score (nSPS) is 17.6. The Morgan fingerprint density at radius 2 is 1.83 bits per heavy atom. The number of likely N-dealkylation sites (N-methyl/N-ethyl adjacent to an activating group) is 1. The lowest BCUT2D eigenvalue weighted by atomic mass is 10.2. The highest BCUT2D eigenvalue weighted by molar-refractivity contribution is 7.80. The zero-order chi connectivity index (χ0) is 13.5. The van der Waals surface area contributed by atoms with Crippen LogP contribution in [0, 0.1) is 5.92 Å². The Kier molecular flexibility index (Phi) is 6.89. The standard InChI is InChI=1S/C13H28N4S/c1-12(2)11-14-13(18)17-9-7-16(8-10-17)6-5-15(3)4/h12H,5-11H2,1-4H3,(H,14,18). The maximum absolute atomic E-state index is 5.43. The topological polar surface area (TPSA) is 21.8 Å². The Labute approximate surface area is 117 Å². The molecule has 0 aromatic rings. The molecule has 1 heterocycles. The van der Waals surface area contributed by atoms with Crippen molar-refractivity contribution in [3.8, 4) is 0 Å². The lowest BCUT2D eigenvalue weighted by Gasteiger charge is -2.36. The summed E-state index contributed by atoms with van der Waals surface area (Å²) >= 11 is 5.43. The highest BCUT2D eigenvalue weighted by atomic mass is 32.1. The molecule has 0 atom stereocenters. The zero-order valence-electron chi connectivity index (χ0n) is 12.3. The van der Waals surface area contributed by atoms with Gasteiger partial charge >= 0.3 is 0 Å². The van der Waals surface area contributed by atoms with Crippen LogP contribution in [0.4, 0.5) is 0 Å². The van der Waals surface area contributed by atoms with Gasteiger partial charge in [-0.2, -0.15) is 0 Å². The minimum atomic E-state index is 0.643. The number of hydrogen-bond acceptors (Lipinski definition) is 3. The monoisotopic (exact) mass is 272 g/mol. The number of piperazine rings is 1. The highest BCUT2D eigenvalue weighted by Crippen LogP contribution is 2.02. The van der Waals surface area contributed by atoms with Gasteiger partial charge in [-0.1, -0.05) is 13.8 Å². The Balaban J connectivity index is 2.20. The van der Waals surface area contributed by atoms with Crippen molar-refractivity contribution in [1.82, 2.24) is 20.0 Å². The molecular weight excluding hydrogens is 244 g/mol. The zero-order valence-corrected chi connectivity index (χ0v) is 13.1. The molecule has 1 rings (SSSR count).